The number of carbonyl (C=O) groups excluding carboxylic acids is 1. The van der Waals surface area contributed by atoms with Gasteiger partial charge in [0.2, 0.25) is 5.91 Å². The Balaban J connectivity index is 1.58. The van der Waals surface area contributed by atoms with E-state index in [-0.39, 0.29) is 5.91 Å². The molecule has 2 aromatic rings. The average Bonchev–Trinajstić information content (AvgIpc) is 2.61. The fraction of sp³-hybridized carbons (Fsp3) is 0.381. The van der Waals surface area contributed by atoms with E-state index in [2.05, 4.69) is 43.4 Å². The number of hydrogen-bond donors (Lipinski definition) is 1. The van der Waals surface area contributed by atoms with Crippen LogP contribution in [0.3, 0.4) is 0 Å². The van der Waals surface area contributed by atoms with Crippen LogP contribution in [0.15, 0.2) is 54.6 Å². The summed E-state index contributed by atoms with van der Waals surface area (Å²) >= 11 is 0. The number of hydrogen-bond acceptors (Lipinski definition) is 2. The first-order chi connectivity index (χ1) is 11.6. The largest absolute Gasteiger partial charge is 0.375 e. The van der Waals surface area contributed by atoms with Crippen LogP contribution in [0.2, 0.25) is 0 Å². The van der Waals surface area contributed by atoms with E-state index in [1.165, 1.54) is 11.1 Å². The summed E-state index contributed by atoms with van der Waals surface area (Å²) in [4.78, 5) is 11.9. The summed E-state index contributed by atoms with van der Waals surface area (Å²) in [6.07, 6.45) is 1.29. The Morgan fingerprint density at radius 2 is 1.71 bits per heavy atom. The molecule has 0 bridgehead atoms. The van der Waals surface area contributed by atoms with Crippen molar-refractivity contribution in [3.8, 4) is 0 Å². The molecule has 1 N–H and O–H groups in total. The first kappa shape index (κ1) is 18.2. The normalized spacial score (nSPS) is 10.8. The lowest BCUT2D eigenvalue weighted by atomic mass is 10.0. The molecule has 0 aliphatic carbocycles. The highest BCUT2D eigenvalue weighted by molar-refractivity contribution is 5.76. The van der Waals surface area contributed by atoms with Gasteiger partial charge >= 0.3 is 0 Å². The standard InChI is InChI=1S/C21H27NO2/c1-17(2)20-11-8-18(9-12-20)10-13-21(23)22-14-15-24-16-19-6-4-3-5-7-19/h3-9,11-12,17H,10,13-16H2,1-2H3,(H,22,23). The molecular weight excluding hydrogens is 298 g/mol. The number of carbonyl (C=O) groups is 1. The maximum absolute atomic E-state index is 11.9. The van der Waals surface area contributed by atoms with Crippen LogP contribution in [0, 0.1) is 0 Å². The average molecular weight is 325 g/mol. The summed E-state index contributed by atoms with van der Waals surface area (Å²) in [5.41, 5.74) is 3.68. The van der Waals surface area contributed by atoms with Gasteiger partial charge in [0.1, 0.15) is 0 Å². The second-order valence-electron chi connectivity index (χ2n) is 6.28. The van der Waals surface area contributed by atoms with E-state index < -0.39 is 0 Å². The van der Waals surface area contributed by atoms with Crippen molar-refractivity contribution in [2.75, 3.05) is 13.2 Å². The monoisotopic (exact) mass is 325 g/mol. The van der Waals surface area contributed by atoms with Crippen LogP contribution in [0.5, 0.6) is 0 Å². The fourth-order valence-corrected chi connectivity index (χ4v) is 2.44. The maximum Gasteiger partial charge on any atom is 0.220 e. The number of rotatable bonds is 9. The van der Waals surface area contributed by atoms with E-state index in [9.17, 15) is 4.79 Å². The summed E-state index contributed by atoms with van der Waals surface area (Å²) in [6, 6.07) is 18.6. The molecule has 0 aromatic heterocycles. The zero-order chi connectivity index (χ0) is 17.2. The number of ether oxygens (including phenoxy) is 1. The number of amides is 1. The van der Waals surface area contributed by atoms with Gasteiger partial charge in [-0.25, -0.2) is 0 Å². The molecule has 0 atom stereocenters. The van der Waals surface area contributed by atoms with E-state index in [1.54, 1.807) is 0 Å². The van der Waals surface area contributed by atoms with Crippen LogP contribution in [0.4, 0.5) is 0 Å². The van der Waals surface area contributed by atoms with Gasteiger partial charge in [-0.1, -0.05) is 68.4 Å². The van der Waals surface area contributed by atoms with Gasteiger partial charge in [0.25, 0.3) is 0 Å². The molecule has 3 heteroatoms. The van der Waals surface area contributed by atoms with Crippen LogP contribution in [0.1, 0.15) is 42.9 Å². The minimum atomic E-state index is 0.0752. The van der Waals surface area contributed by atoms with Gasteiger partial charge in [0, 0.05) is 13.0 Å². The van der Waals surface area contributed by atoms with E-state index in [0.717, 1.165) is 12.0 Å². The fourth-order valence-electron chi connectivity index (χ4n) is 2.44. The van der Waals surface area contributed by atoms with Crippen LogP contribution in [-0.4, -0.2) is 19.1 Å². The molecule has 3 nitrogen and oxygen atoms in total. The molecule has 0 heterocycles. The molecule has 0 saturated heterocycles. The van der Waals surface area contributed by atoms with Gasteiger partial charge in [-0.2, -0.15) is 0 Å². The Morgan fingerprint density at radius 3 is 2.38 bits per heavy atom. The molecule has 1 amide bonds. The summed E-state index contributed by atoms with van der Waals surface area (Å²) in [5.74, 6) is 0.615. The lowest BCUT2D eigenvalue weighted by molar-refractivity contribution is -0.121. The van der Waals surface area contributed by atoms with Gasteiger partial charge in [0.15, 0.2) is 0 Å². The van der Waals surface area contributed by atoms with Crippen molar-refractivity contribution in [1.29, 1.82) is 0 Å². The molecule has 128 valence electrons. The van der Waals surface area contributed by atoms with Gasteiger partial charge in [-0.05, 0) is 29.0 Å². The molecule has 0 aliphatic heterocycles. The lowest BCUT2D eigenvalue weighted by Crippen LogP contribution is -2.27. The molecule has 24 heavy (non-hydrogen) atoms. The van der Waals surface area contributed by atoms with E-state index in [1.807, 2.05) is 30.3 Å². The number of benzene rings is 2. The Labute approximate surface area is 145 Å². The molecule has 0 saturated carbocycles. The highest BCUT2D eigenvalue weighted by Crippen LogP contribution is 2.15. The van der Waals surface area contributed by atoms with Crippen molar-refractivity contribution >= 4 is 5.91 Å². The number of aryl methyl sites for hydroxylation is 1. The Kier molecular flexibility index (Phi) is 7.50. The predicted molar refractivity (Wildman–Crippen MR) is 98.0 cm³/mol. The van der Waals surface area contributed by atoms with E-state index in [0.29, 0.717) is 32.1 Å². The summed E-state index contributed by atoms with van der Waals surface area (Å²) < 4.78 is 5.55. The third-order valence-electron chi connectivity index (χ3n) is 3.97. The third-order valence-corrected chi connectivity index (χ3v) is 3.97. The predicted octanol–water partition coefficient (Wildman–Crippen LogP) is 4.08. The van der Waals surface area contributed by atoms with Crippen molar-refractivity contribution in [2.24, 2.45) is 0 Å². The quantitative estimate of drug-likeness (QED) is 0.706. The minimum Gasteiger partial charge on any atom is -0.375 e. The molecule has 0 spiro atoms. The topological polar surface area (TPSA) is 38.3 Å². The molecule has 0 unspecified atom stereocenters. The Morgan fingerprint density at radius 1 is 1.00 bits per heavy atom. The van der Waals surface area contributed by atoms with Crippen molar-refractivity contribution in [3.63, 3.8) is 0 Å². The van der Waals surface area contributed by atoms with Gasteiger partial charge in [0.05, 0.1) is 13.2 Å². The SMILES string of the molecule is CC(C)c1ccc(CCC(=O)NCCOCc2ccccc2)cc1. The first-order valence-electron chi connectivity index (χ1n) is 8.62. The van der Waals surface area contributed by atoms with Crippen LogP contribution in [-0.2, 0) is 22.6 Å². The Bertz CT molecular complexity index is 605. The summed E-state index contributed by atoms with van der Waals surface area (Å²) in [5, 5.41) is 2.90. The van der Waals surface area contributed by atoms with E-state index >= 15 is 0 Å². The highest BCUT2D eigenvalue weighted by Gasteiger charge is 2.03. The molecule has 0 fully saturated rings. The van der Waals surface area contributed by atoms with Crippen LogP contribution in [0.25, 0.3) is 0 Å². The molecule has 0 aliphatic rings. The molecular formula is C21H27NO2. The zero-order valence-electron chi connectivity index (χ0n) is 14.6. The summed E-state index contributed by atoms with van der Waals surface area (Å²) in [6.45, 7) is 6.03. The number of nitrogens with one attached hydrogen (secondary N) is 1. The van der Waals surface area contributed by atoms with Gasteiger partial charge < -0.3 is 10.1 Å². The van der Waals surface area contributed by atoms with Crippen molar-refractivity contribution in [2.45, 2.75) is 39.2 Å². The van der Waals surface area contributed by atoms with Crippen molar-refractivity contribution < 1.29 is 9.53 Å². The third kappa shape index (κ3) is 6.55. The summed E-state index contributed by atoms with van der Waals surface area (Å²) in [7, 11) is 0. The van der Waals surface area contributed by atoms with E-state index in [4.69, 9.17) is 4.74 Å². The Hall–Kier alpha value is -2.13. The second kappa shape index (κ2) is 9.89. The van der Waals surface area contributed by atoms with Gasteiger partial charge in [-0.15, -0.1) is 0 Å². The first-order valence-corrected chi connectivity index (χ1v) is 8.62. The molecule has 2 aromatic carbocycles. The maximum atomic E-state index is 11.9. The van der Waals surface area contributed by atoms with Crippen molar-refractivity contribution in [1.82, 2.24) is 5.32 Å². The smallest absolute Gasteiger partial charge is 0.220 e. The molecule has 2 rings (SSSR count). The zero-order valence-corrected chi connectivity index (χ0v) is 14.6. The molecule has 0 radical (unpaired) electrons. The van der Waals surface area contributed by atoms with Crippen LogP contribution < -0.4 is 5.32 Å². The highest BCUT2D eigenvalue weighted by atomic mass is 16.5. The van der Waals surface area contributed by atoms with Gasteiger partial charge in [-0.3, -0.25) is 4.79 Å². The van der Waals surface area contributed by atoms with Crippen LogP contribution >= 0.6 is 0 Å². The van der Waals surface area contributed by atoms with Crippen molar-refractivity contribution in [3.05, 3.63) is 71.3 Å². The lowest BCUT2D eigenvalue weighted by Gasteiger charge is -2.08. The second-order valence-corrected chi connectivity index (χ2v) is 6.28. The minimum absolute atomic E-state index is 0.0752.